The minimum atomic E-state index is -0.688. The molecule has 0 unspecified atom stereocenters. The van der Waals surface area contributed by atoms with E-state index in [0.29, 0.717) is 19.7 Å². The van der Waals surface area contributed by atoms with Crippen molar-refractivity contribution in [2.24, 2.45) is 5.92 Å². The summed E-state index contributed by atoms with van der Waals surface area (Å²) in [5.74, 6) is 2.32. The number of aromatic amines is 2. The Labute approximate surface area is 308 Å². The first-order valence-corrected chi connectivity index (χ1v) is 18.7. The van der Waals surface area contributed by atoms with Gasteiger partial charge in [-0.3, -0.25) is 9.59 Å². The first kappa shape index (κ1) is 34.5. The Morgan fingerprint density at radius 2 is 1.58 bits per heavy atom. The molecule has 53 heavy (non-hydrogen) atoms. The molecule has 8 rings (SSSR count). The lowest BCUT2D eigenvalue weighted by Gasteiger charge is -2.30. The number of amides is 3. The first-order chi connectivity index (χ1) is 25.7. The van der Waals surface area contributed by atoms with Gasteiger partial charge in [0.05, 0.1) is 54.2 Å². The van der Waals surface area contributed by atoms with E-state index in [1.807, 2.05) is 42.8 Å². The zero-order valence-electron chi connectivity index (χ0n) is 30.6. The average molecular weight is 719 g/mol. The van der Waals surface area contributed by atoms with Gasteiger partial charge in [0.15, 0.2) is 6.73 Å². The molecular formula is C40H46N8O5. The van der Waals surface area contributed by atoms with E-state index in [-0.39, 0.29) is 29.8 Å². The van der Waals surface area contributed by atoms with Gasteiger partial charge in [-0.05, 0) is 68.4 Å². The molecule has 6 heterocycles. The number of alkyl carbamates (subject to hydrolysis) is 1. The van der Waals surface area contributed by atoms with E-state index in [9.17, 15) is 14.4 Å². The molecule has 0 bridgehead atoms. The molecular weight excluding hydrogens is 672 g/mol. The molecule has 3 aromatic heterocycles. The van der Waals surface area contributed by atoms with Crippen LogP contribution in [-0.4, -0.2) is 78.5 Å². The van der Waals surface area contributed by atoms with Crippen LogP contribution in [0, 0.1) is 5.92 Å². The molecule has 0 radical (unpaired) electrons. The van der Waals surface area contributed by atoms with Gasteiger partial charge in [0.2, 0.25) is 11.8 Å². The number of H-pyrrole nitrogens is 2. The molecule has 0 saturated carbocycles. The van der Waals surface area contributed by atoms with Crippen molar-refractivity contribution in [2.75, 3.05) is 20.2 Å². The van der Waals surface area contributed by atoms with Crippen LogP contribution in [0.2, 0.25) is 0 Å². The van der Waals surface area contributed by atoms with Crippen LogP contribution in [0.25, 0.3) is 44.7 Å². The summed E-state index contributed by atoms with van der Waals surface area (Å²) in [6, 6.07) is 13.9. The molecule has 276 valence electrons. The molecule has 3 aliphatic heterocycles. The maximum Gasteiger partial charge on any atom is 0.407 e. The fourth-order valence-electron chi connectivity index (χ4n) is 8.16. The van der Waals surface area contributed by atoms with Crippen LogP contribution in [0.3, 0.4) is 0 Å². The number of imidazole rings is 2. The number of nitrogens with one attached hydrogen (secondary N) is 3. The first-order valence-electron chi connectivity index (χ1n) is 18.7. The number of carbonyl (C=O) groups excluding carboxylic acids is 3. The summed E-state index contributed by atoms with van der Waals surface area (Å²) >= 11 is 0. The number of hydrogen-bond acceptors (Lipinski definition) is 7. The third kappa shape index (κ3) is 6.31. The molecule has 2 fully saturated rings. The van der Waals surface area contributed by atoms with Gasteiger partial charge >= 0.3 is 6.09 Å². The van der Waals surface area contributed by atoms with E-state index in [2.05, 4.69) is 56.3 Å². The lowest BCUT2D eigenvalue weighted by molar-refractivity contribution is -0.135. The molecule has 2 aromatic carbocycles. The second-order valence-corrected chi connectivity index (χ2v) is 14.6. The predicted octanol–water partition coefficient (Wildman–Crippen LogP) is 6.95. The van der Waals surface area contributed by atoms with E-state index in [1.165, 1.54) is 7.11 Å². The van der Waals surface area contributed by atoms with Crippen molar-refractivity contribution in [2.45, 2.75) is 84.2 Å². The topological polar surface area (TPSA) is 150 Å². The Hall–Kier alpha value is -5.59. The molecule has 13 heteroatoms. The molecule has 0 aliphatic carbocycles. The third-order valence-electron chi connectivity index (χ3n) is 10.9. The van der Waals surface area contributed by atoms with Crippen LogP contribution in [0.1, 0.15) is 83.0 Å². The minimum Gasteiger partial charge on any atom is -0.472 e. The van der Waals surface area contributed by atoms with E-state index >= 15 is 0 Å². The number of methoxy groups -OCH3 is 1. The van der Waals surface area contributed by atoms with Gasteiger partial charge in [-0.2, -0.15) is 0 Å². The number of fused-ring (bicyclic) bond motifs is 5. The number of likely N-dealkylation sites (tertiary alicyclic amines) is 2. The monoisotopic (exact) mass is 718 g/mol. The summed E-state index contributed by atoms with van der Waals surface area (Å²) in [6.45, 7) is 7.62. The van der Waals surface area contributed by atoms with Crippen molar-refractivity contribution in [3.05, 3.63) is 66.5 Å². The Kier molecular flexibility index (Phi) is 9.17. The fraction of sp³-hybridized carbons (Fsp3) is 0.425. The van der Waals surface area contributed by atoms with Crippen LogP contribution in [0.4, 0.5) is 4.79 Å². The highest BCUT2D eigenvalue weighted by molar-refractivity contribution is 5.92. The quantitative estimate of drug-likeness (QED) is 0.149. The van der Waals surface area contributed by atoms with Crippen molar-refractivity contribution >= 4 is 28.8 Å². The summed E-state index contributed by atoms with van der Waals surface area (Å²) in [7, 11) is 1.29. The number of benzene rings is 2. The van der Waals surface area contributed by atoms with E-state index in [1.54, 1.807) is 6.20 Å². The molecule has 3 amide bonds. The summed E-state index contributed by atoms with van der Waals surface area (Å²) in [4.78, 5) is 58.5. The number of ether oxygens (including phenoxy) is 2. The number of nitrogens with zero attached hydrogens (tertiary/aromatic N) is 5. The third-order valence-corrected chi connectivity index (χ3v) is 10.9. The number of hydrogen-bond donors (Lipinski definition) is 3. The highest BCUT2D eigenvalue weighted by Gasteiger charge is 2.38. The van der Waals surface area contributed by atoms with E-state index < -0.39 is 12.1 Å². The second kappa shape index (κ2) is 14.1. The van der Waals surface area contributed by atoms with Gasteiger partial charge in [0, 0.05) is 41.6 Å². The van der Waals surface area contributed by atoms with Crippen LogP contribution in [0.15, 0.2) is 54.9 Å². The molecule has 2 saturated heterocycles. The fourth-order valence-corrected chi connectivity index (χ4v) is 8.16. The maximum atomic E-state index is 13.6. The lowest BCUT2D eigenvalue weighted by atomic mass is 10.0. The number of rotatable bonds is 9. The molecule has 3 aliphatic rings. The van der Waals surface area contributed by atoms with Crippen LogP contribution >= 0.6 is 0 Å². The largest absolute Gasteiger partial charge is 0.472 e. The van der Waals surface area contributed by atoms with Gasteiger partial charge in [-0.15, -0.1) is 0 Å². The Bertz CT molecular complexity index is 2180. The number of aromatic nitrogens is 5. The highest BCUT2D eigenvalue weighted by atomic mass is 16.5. The zero-order chi connectivity index (χ0) is 36.8. The summed E-state index contributed by atoms with van der Waals surface area (Å²) in [6.07, 6.45) is 8.02. The van der Waals surface area contributed by atoms with Gasteiger partial charge in [0.25, 0.3) is 0 Å². The molecule has 5 aromatic rings. The Morgan fingerprint density at radius 3 is 2.26 bits per heavy atom. The van der Waals surface area contributed by atoms with Crippen LogP contribution in [0.5, 0.6) is 5.75 Å². The average Bonchev–Trinajstić information content (AvgIpc) is 4.01. The smallest absolute Gasteiger partial charge is 0.407 e. The highest BCUT2D eigenvalue weighted by Crippen LogP contribution is 2.42. The second-order valence-electron chi connectivity index (χ2n) is 14.6. The van der Waals surface area contributed by atoms with Crippen molar-refractivity contribution in [3.63, 3.8) is 0 Å². The zero-order valence-corrected chi connectivity index (χ0v) is 30.6. The van der Waals surface area contributed by atoms with Crippen molar-refractivity contribution in [3.8, 4) is 39.5 Å². The van der Waals surface area contributed by atoms with Crippen LogP contribution < -0.4 is 10.1 Å². The van der Waals surface area contributed by atoms with Crippen molar-refractivity contribution in [1.29, 1.82) is 0 Å². The summed E-state index contributed by atoms with van der Waals surface area (Å²) in [5, 5.41) is 3.81. The summed E-state index contributed by atoms with van der Waals surface area (Å²) < 4.78 is 13.3. The molecule has 3 atom stereocenters. The lowest BCUT2D eigenvalue weighted by Crippen LogP contribution is -2.51. The minimum absolute atomic E-state index is 0.00106. The SMILES string of the molecule is CCCC(=O)N1CCC[C@H]1c1ncc(-c2ccc3c(c2)cc2n3COc3cc(-c4cnc([C@@H]5CCCN5C(=O)[C@@H](NC(=O)OC)C(C)C)[nH]4)ccc3-2)[nH]1. The number of carbonyl (C=O) groups is 3. The van der Waals surface area contributed by atoms with Gasteiger partial charge in [-0.25, -0.2) is 14.8 Å². The van der Waals surface area contributed by atoms with Gasteiger partial charge in [-0.1, -0.05) is 32.9 Å². The molecule has 3 N–H and O–H groups in total. The Balaban J connectivity index is 1.01. The van der Waals surface area contributed by atoms with Crippen LogP contribution in [-0.2, 0) is 21.1 Å². The normalized spacial score (nSPS) is 18.6. The van der Waals surface area contributed by atoms with E-state index in [0.717, 1.165) is 101 Å². The maximum absolute atomic E-state index is 13.6. The Morgan fingerprint density at radius 1 is 0.925 bits per heavy atom. The molecule has 0 spiro atoms. The van der Waals surface area contributed by atoms with E-state index in [4.69, 9.17) is 19.4 Å². The van der Waals surface area contributed by atoms with Gasteiger partial charge < -0.3 is 39.1 Å². The van der Waals surface area contributed by atoms with Crippen molar-refractivity contribution < 1.29 is 23.9 Å². The summed E-state index contributed by atoms with van der Waals surface area (Å²) in [5.41, 5.74) is 6.91. The molecule has 13 nitrogen and oxygen atoms in total. The van der Waals surface area contributed by atoms with Crippen molar-refractivity contribution in [1.82, 2.24) is 39.6 Å². The standard InChI is InChI=1S/C40H46N8O5/c1-5-8-35(49)46-15-6-9-31(46)37-41-20-28(43-37)24-12-14-30-26(17-24)18-33-27-13-11-25(19-34(27)53-22-48(30)33)29-21-42-38(44-29)32-10-7-16-47(32)39(50)36(23(2)3)45-40(51)52-4/h11-14,17-21,23,31-32,36H,5-10,15-16,22H2,1-4H3,(H,41,43)(H,42,44)(H,45,51)/t31-,32-,36-/m0/s1. The van der Waals surface area contributed by atoms with Gasteiger partial charge in [0.1, 0.15) is 23.4 Å². The predicted molar refractivity (Wildman–Crippen MR) is 200 cm³/mol.